The molecule has 12 rings (SSSR count). The number of methoxy groups -OCH3 is 1. The van der Waals surface area contributed by atoms with Gasteiger partial charge in [-0.05, 0) is 117 Å². The van der Waals surface area contributed by atoms with Crippen LogP contribution in [0.3, 0.4) is 0 Å². The molecule has 0 saturated carbocycles. The quantitative estimate of drug-likeness (QED) is 0.0361. The van der Waals surface area contributed by atoms with Crippen LogP contribution in [0.2, 0.25) is 10.0 Å². The zero-order valence-electron chi connectivity index (χ0n) is 61.4. The number of aliphatic hydroxyl groups is 6. The average molecular weight is 1610 g/mol. The van der Waals surface area contributed by atoms with E-state index in [1.807, 2.05) is 20.8 Å². The number of likely N-dealkylation sites (N-methyl/N-ethyl adjacent to an activating group) is 1. The second-order valence-electron chi connectivity index (χ2n) is 28.2. The molecule has 12 unspecified atom stereocenters. The Hall–Kier alpha value is -9.77. The number of benzene rings is 5. The summed E-state index contributed by atoms with van der Waals surface area (Å²) in [5.41, 5.74) is 1.41. The van der Waals surface area contributed by atoms with Crippen molar-refractivity contribution in [2.24, 2.45) is 11.7 Å². The van der Waals surface area contributed by atoms with E-state index in [-0.39, 0.29) is 59.4 Å². The van der Waals surface area contributed by atoms with E-state index in [9.17, 15) is 79.8 Å². The molecule has 0 aliphatic carbocycles. The van der Waals surface area contributed by atoms with Crippen LogP contribution in [0.5, 0.6) is 46.0 Å². The van der Waals surface area contributed by atoms with E-state index in [1.165, 1.54) is 33.2 Å². The number of carbonyl (C=O) groups excluding carboxylic acids is 8. The summed E-state index contributed by atoms with van der Waals surface area (Å²) in [6.07, 6.45) is -19.2. The Morgan fingerprint density at radius 1 is 0.732 bits per heavy atom. The highest BCUT2D eigenvalue weighted by Gasteiger charge is 2.53. The van der Waals surface area contributed by atoms with Gasteiger partial charge in [0.1, 0.15) is 89.5 Å². The number of phenolic OH excluding ortho intramolecular Hbond substituents is 3. The molecule has 0 radical (unpaired) electrons. The van der Waals surface area contributed by atoms with Crippen molar-refractivity contribution < 1.29 is 132 Å². The van der Waals surface area contributed by atoms with E-state index in [0.717, 1.165) is 73.2 Å². The molecular weight excluding hydrogens is 1520 g/mol. The zero-order valence-corrected chi connectivity index (χ0v) is 62.9. The number of fused-ring (bicyclic) bond motifs is 15. The van der Waals surface area contributed by atoms with Crippen molar-refractivity contribution in [3.05, 3.63) is 117 Å². The first kappa shape index (κ1) is 84.7. The van der Waals surface area contributed by atoms with Crippen LogP contribution < -0.4 is 62.5 Å². The van der Waals surface area contributed by atoms with Gasteiger partial charge in [-0.3, -0.25) is 33.6 Å². The molecular formula is C74H89Cl2N9O27. The number of aliphatic hydroxyl groups excluding tert-OH is 6. The molecule has 0 aromatic heterocycles. The number of unbranched alkanes of at least 4 members (excludes halogenated alkanes) is 1. The van der Waals surface area contributed by atoms with Crippen LogP contribution in [0.4, 0.5) is 0 Å². The molecule has 5 aromatic rings. The van der Waals surface area contributed by atoms with E-state index in [4.69, 9.17) is 66.8 Å². The summed E-state index contributed by atoms with van der Waals surface area (Å²) in [4.78, 5) is 131. The number of nitrogens with two attached hydrogens (primary N) is 1. The van der Waals surface area contributed by atoms with E-state index in [0.29, 0.717) is 6.42 Å². The second kappa shape index (κ2) is 35.9. The van der Waals surface area contributed by atoms with Crippen molar-refractivity contribution in [3.63, 3.8) is 0 Å². The number of amides is 7. The van der Waals surface area contributed by atoms with E-state index in [2.05, 4.69) is 42.5 Å². The number of carbonyl (C=O) groups is 9. The lowest BCUT2D eigenvalue weighted by molar-refractivity contribution is -0.334. The number of hydrogen-bond donors (Lipinski definition) is 19. The summed E-state index contributed by atoms with van der Waals surface area (Å²) in [7, 11) is 2.65. The third kappa shape index (κ3) is 18.8. The molecule has 19 atom stereocenters. The first-order valence-corrected chi connectivity index (χ1v) is 36.4. The Labute approximate surface area is 649 Å². The first-order valence-electron chi connectivity index (χ1n) is 35.7. The smallest absolute Gasteiger partial charge is 0.336 e. The number of nitrogens with one attached hydrogen (secondary N) is 8. The molecule has 7 heterocycles. The topological polar surface area (TPSA) is 552 Å². The number of carboxylic acids is 1. The van der Waals surface area contributed by atoms with Gasteiger partial charge in [0, 0.05) is 47.9 Å². The Bertz CT molecular complexity index is 4390. The standard InChI is InChI=1S/C74H89Cl2N9O27/c1-8-9-16-106-48(72(104)105-7)27-79-74(5)26-51(107-30(4)64(74)95)111-63-61(94)60(93)49(28-86)110-73(63)112-62-46-21-34-22-47(62)109-45-15-12-33(20-39(45)76)59(92)57-70(101)83-55(71(102)103)37-23-35(87)24-43(89)52(37)36-18-31(10-13-42(36)88)53(67(98)85-57)82-68(99)54(34)81-66(97)41(25-50(77)90)80-69(100)56(84-65(96)40(78-6)17-29(2)3)58(91)32-11-14-44(108-46)38(75)19-32/h10-15,18-24,29-30,40-41,48-49,51,53-61,63-64,73,78-79,86-89,91-95H,8-9,16-17,25-28H2,1-7H3,(H2,77,90)(H,80,100)(H,81,97)(H,82,99)(H,83,101)(H,84,96)(H,85,98)(H,102,103)/t30?,40-,41+,48?,49?,51?,53?,54-,55-,56?,57+,58-,59-,60?,61?,63?,64?,73?,74?/m1/s1. The van der Waals surface area contributed by atoms with Gasteiger partial charge in [0.2, 0.25) is 53.4 Å². The Kier molecular flexibility index (Phi) is 27.2. The van der Waals surface area contributed by atoms with Crippen LogP contribution in [0.1, 0.15) is 125 Å². The predicted octanol–water partition coefficient (Wildman–Crippen LogP) is 1.10. The Balaban J connectivity index is 1.21. The predicted molar refractivity (Wildman–Crippen MR) is 390 cm³/mol. The highest BCUT2D eigenvalue weighted by molar-refractivity contribution is 6.32. The molecule has 38 heteroatoms. The number of halogens is 2. The monoisotopic (exact) mass is 1610 g/mol. The number of aliphatic carboxylic acids is 1. The molecule has 7 aliphatic heterocycles. The van der Waals surface area contributed by atoms with Gasteiger partial charge in [-0.2, -0.15) is 0 Å². The summed E-state index contributed by atoms with van der Waals surface area (Å²) in [6.45, 7) is 7.60. The van der Waals surface area contributed by atoms with Crippen LogP contribution in [0, 0.1) is 5.92 Å². The first-order chi connectivity index (χ1) is 53.1. The van der Waals surface area contributed by atoms with Crippen molar-refractivity contribution in [2.75, 3.05) is 33.9 Å². The fraction of sp³-hybridized carbons (Fsp3) is 0.473. The van der Waals surface area contributed by atoms with Gasteiger partial charge in [0.15, 0.2) is 36.0 Å². The molecule has 5 aromatic carbocycles. The summed E-state index contributed by atoms with van der Waals surface area (Å²) >= 11 is 14.2. The maximum absolute atomic E-state index is 16.2. The van der Waals surface area contributed by atoms with Gasteiger partial charge in [0.25, 0.3) is 0 Å². The lowest BCUT2D eigenvalue weighted by atomic mass is 9.84. The number of carboxylic acid groups (broad SMARTS) is 1. The Morgan fingerprint density at radius 2 is 1.36 bits per heavy atom. The summed E-state index contributed by atoms with van der Waals surface area (Å²) in [6, 6.07) is -0.933. The third-order valence-corrected chi connectivity index (χ3v) is 20.3. The summed E-state index contributed by atoms with van der Waals surface area (Å²) in [5, 5.41) is 136. The van der Waals surface area contributed by atoms with Crippen LogP contribution in [0.15, 0.2) is 78.9 Å². The number of primary amides is 1. The molecule has 2 fully saturated rings. The van der Waals surface area contributed by atoms with Gasteiger partial charge in [-0.1, -0.05) is 68.6 Å². The number of phenols is 3. The largest absolute Gasteiger partial charge is 0.508 e. The van der Waals surface area contributed by atoms with Crippen molar-refractivity contribution >= 4 is 76.5 Å². The zero-order chi connectivity index (χ0) is 81.6. The minimum atomic E-state index is -2.38. The number of rotatable bonds is 21. The number of hydrogen-bond acceptors (Lipinski definition) is 28. The van der Waals surface area contributed by atoms with Crippen LogP contribution in [-0.4, -0.2) is 223 Å². The molecule has 606 valence electrons. The van der Waals surface area contributed by atoms with Crippen LogP contribution >= 0.6 is 23.2 Å². The van der Waals surface area contributed by atoms with Crippen molar-refractivity contribution in [2.45, 2.75) is 182 Å². The van der Waals surface area contributed by atoms with Gasteiger partial charge >= 0.3 is 11.9 Å². The number of ether oxygens (including phenoxy) is 8. The SMILES string of the molecule is CCCCOC(CNC1(C)CC(OC2C(Oc3c4cc5cc3Oc3ccc(cc3Cl)[C@@H](O)[C@@H]3NC(=O)C(NC(=O)[C@@H]5NC(=O)[C@H](CC(N)=O)NC(=O)C(NC(=O)[C@@H](CC(C)C)NC)[C@H](O)c5ccc(c(Cl)c5)O4)c4ccc(O)c(c4)-c4c(O)cc(O)cc4[C@H](C(=O)O)NC3=O)OC(CO)C(O)C2O)OC(C)C1O)C(=O)OC. The van der Waals surface area contributed by atoms with Gasteiger partial charge < -0.3 is 137 Å². The van der Waals surface area contributed by atoms with E-state index < -0.39 is 249 Å². The van der Waals surface area contributed by atoms with Crippen molar-refractivity contribution in [1.29, 1.82) is 0 Å². The van der Waals surface area contributed by atoms with E-state index in [1.54, 1.807) is 6.92 Å². The second-order valence-corrected chi connectivity index (χ2v) is 29.1. The molecule has 112 heavy (non-hydrogen) atoms. The molecule has 0 spiro atoms. The van der Waals surface area contributed by atoms with Crippen LogP contribution in [-0.2, 0) is 66.8 Å². The van der Waals surface area contributed by atoms with Gasteiger partial charge in [-0.25, -0.2) is 9.59 Å². The fourth-order valence-electron chi connectivity index (χ4n) is 13.7. The third-order valence-electron chi connectivity index (χ3n) is 19.7. The highest BCUT2D eigenvalue weighted by atomic mass is 35.5. The maximum Gasteiger partial charge on any atom is 0.336 e. The van der Waals surface area contributed by atoms with Gasteiger partial charge in [-0.15, -0.1) is 0 Å². The lowest BCUT2D eigenvalue weighted by Gasteiger charge is -2.48. The van der Waals surface area contributed by atoms with Crippen molar-refractivity contribution in [3.8, 4) is 57.1 Å². The van der Waals surface area contributed by atoms with Crippen molar-refractivity contribution in [1.82, 2.24) is 42.5 Å². The highest BCUT2D eigenvalue weighted by Crippen LogP contribution is 2.50. The average Bonchev–Trinajstić information content (AvgIpc) is 0.765. The minimum absolute atomic E-state index is 0.113. The normalized spacial score (nSPS) is 27.9. The van der Waals surface area contributed by atoms with E-state index >= 15 is 14.4 Å². The van der Waals surface area contributed by atoms with Gasteiger partial charge in [0.05, 0.1) is 48.4 Å². The Morgan fingerprint density at radius 3 is 1.96 bits per heavy atom. The van der Waals surface area contributed by atoms with Crippen LogP contribution in [0.25, 0.3) is 11.1 Å². The lowest BCUT2D eigenvalue weighted by Crippen LogP contribution is -2.66. The molecule has 7 amide bonds. The minimum Gasteiger partial charge on any atom is -0.508 e. The molecule has 7 aliphatic rings. The molecule has 2 saturated heterocycles. The fourth-order valence-corrected chi connectivity index (χ4v) is 14.1. The molecule has 36 nitrogen and oxygen atoms in total. The summed E-state index contributed by atoms with van der Waals surface area (Å²) < 4.78 is 50.0. The molecule has 20 N–H and O–H groups in total. The number of esters is 1. The summed E-state index contributed by atoms with van der Waals surface area (Å²) in [5.74, 6) is -17.0. The molecule has 11 bridgehead atoms. The number of aromatic hydroxyl groups is 3. The maximum atomic E-state index is 16.2.